The second-order valence-corrected chi connectivity index (χ2v) is 5.70. The largest absolute Gasteiger partial charge is 0.380 e. The third kappa shape index (κ3) is 3.44. The Bertz CT molecular complexity index is 489. The fourth-order valence-corrected chi connectivity index (χ4v) is 2.88. The molecule has 21 heavy (non-hydrogen) atoms. The maximum atomic E-state index is 12.6. The molecule has 1 heterocycles. The van der Waals surface area contributed by atoms with Gasteiger partial charge in [0.2, 0.25) is 5.91 Å². The Hall–Kier alpha value is -1.39. The Morgan fingerprint density at radius 3 is 2.76 bits per heavy atom. The number of carbonyl (C=O) groups is 1. The number of aryl methyl sites for hydroxylation is 1. The summed E-state index contributed by atoms with van der Waals surface area (Å²) in [5.74, 6) is 0.177. The predicted octanol–water partition coefficient (Wildman–Crippen LogP) is 2.63. The second kappa shape index (κ2) is 7.05. The third-order valence-electron chi connectivity index (χ3n) is 3.99. The van der Waals surface area contributed by atoms with Crippen molar-refractivity contribution < 1.29 is 9.53 Å². The van der Waals surface area contributed by atoms with Gasteiger partial charge in [0.05, 0.1) is 18.7 Å². The van der Waals surface area contributed by atoms with Crippen LogP contribution in [0.25, 0.3) is 0 Å². The molecule has 0 spiro atoms. The van der Waals surface area contributed by atoms with Gasteiger partial charge >= 0.3 is 0 Å². The Morgan fingerprint density at radius 2 is 2.14 bits per heavy atom. The minimum absolute atomic E-state index is 0.0576. The quantitative estimate of drug-likeness (QED) is 0.875. The first kappa shape index (κ1) is 16.0. The summed E-state index contributed by atoms with van der Waals surface area (Å²) >= 11 is 0. The van der Waals surface area contributed by atoms with Gasteiger partial charge in [0.1, 0.15) is 6.17 Å². The average molecular weight is 290 g/mol. The molecule has 0 radical (unpaired) electrons. The van der Waals surface area contributed by atoms with Crippen molar-refractivity contribution in [2.24, 2.45) is 0 Å². The monoisotopic (exact) mass is 290 g/mol. The highest BCUT2D eigenvalue weighted by atomic mass is 16.5. The SMILES string of the molecule is CCOCC(C)N1C(=O)C(CC)NC1c1cccc(C)c1. The molecule has 4 heteroatoms. The van der Waals surface area contributed by atoms with Crippen LogP contribution in [0, 0.1) is 6.92 Å². The maximum Gasteiger partial charge on any atom is 0.241 e. The standard InChI is InChI=1S/C17H26N2O2/c1-5-15-17(20)19(13(4)11-21-6-2)16(18-15)14-9-7-8-12(3)10-14/h7-10,13,15-16,18H,5-6,11H2,1-4H3. The molecular weight excluding hydrogens is 264 g/mol. The molecule has 1 N–H and O–H groups in total. The zero-order chi connectivity index (χ0) is 15.4. The van der Waals surface area contributed by atoms with Gasteiger partial charge in [-0.05, 0) is 32.8 Å². The number of hydrogen-bond acceptors (Lipinski definition) is 3. The van der Waals surface area contributed by atoms with Crippen LogP contribution >= 0.6 is 0 Å². The third-order valence-corrected chi connectivity index (χ3v) is 3.99. The summed E-state index contributed by atoms with van der Waals surface area (Å²) in [6.45, 7) is 9.39. The van der Waals surface area contributed by atoms with Gasteiger partial charge in [-0.1, -0.05) is 36.8 Å². The molecule has 116 valence electrons. The van der Waals surface area contributed by atoms with Crippen LogP contribution in [0.1, 0.15) is 44.5 Å². The first-order chi connectivity index (χ1) is 10.1. The summed E-state index contributed by atoms with van der Waals surface area (Å²) in [5, 5.41) is 3.46. The highest BCUT2D eigenvalue weighted by Crippen LogP contribution is 2.29. The van der Waals surface area contributed by atoms with E-state index in [1.54, 1.807) is 0 Å². The molecule has 1 fully saturated rings. The molecule has 1 amide bonds. The van der Waals surface area contributed by atoms with Gasteiger partial charge in [0.25, 0.3) is 0 Å². The van der Waals surface area contributed by atoms with Crippen LogP contribution < -0.4 is 5.32 Å². The van der Waals surface area contributed by atoms with Gasteiger partial charge in [-0.3, -0.25) is 10.1 Å². The van der Waals surface area contributed by atoms with Crippen molar-refractivity contribution in [3.63, 3.8) is 0 Å². The predicted molar refractivity (Wildman–Crippen MR) is 83.9 cm³/mol. The molecule has 2 rings (SSSR count). The minimum atomic E-state index is -0.0976. The van der Waals surface area contributed by atoms with E-state index in [1.165, 1.54) is 5.56 Å². The van der Waals surface area contributed by atoms with Gasteiger partial charge in [-0.2, -0.15) is 0 Å². The number of rotatable bonds is 6. The van der Waals surface area contributed by atoms with Crippen molar-refractivity contribution in [3.8, 4) is 0 Å². The normalized spacial score (nSPS) is 23.6. The van der Waals surface area contributed by atoms with Gasteiger partial charge in [0.15, 0.2) is 0 Å². The molecular formula is C17H26N2O2. The molecule has 0 aromatic heterocycles. The summed E-state index contributed by atoms with van der Waals surface area (Å²) in [4.78, 5) is 14.6. The Kier molecular flexibility index (Phi) is 5.37. The van der Waals surface area contributed by atoms with Crippen molar-refractivity contribution >= 4 is 5.91 Å². The van der Waals surface area contributed by atoms with Crippen molar-refractivity contribution in [3.05, 3.63) is 35.4 Å². The van der Waals surface area contributed by atoms with Gasteiger partial charge < -0.3 is 9.64 Å². The van der Waals surface area contributed by atoms with E-state index < -0.39 is 0 Å². The number of hydrogen-bond donors (Lipinski definition) is 1. The lowest BCUT2D eigenvalue weighted by molar-refractivity contribution is -0.133. The lowest BCUT2D eigenvalue weighted by atomic mass is 10.1. The van der Waals surface area contributed by atoms with Gasteiger partial charge in [-0.15, -0.1) is 0 Å². The molecule has 1 aliphatic heterocycles. The smallest absolute Gasteiger partial charge is 0.241 e. The molecule has 4 nitrogen and oxygen atoms in total. The highest BCUT2D eigenvalue weighted by Gasteiger charge is 2.41. The second-order valence-electron chi connectivity index (χ2n) is 5.70. The number of amides is 1. The number of benzene rings is 1. The van der Waals surface area contributed by atoms with E-state index in [-0.39, 0.29) is 24.2 Å². The van der Waals surface area contributed by atoms with Crippen LogP contribution in [0.2, 0.25) is 0 Å². The number of carbonyl (C=O) groups excluding carboxylic acids is 1. The van der Waals surface area contributed by atoms with Crippen LogP contribution in [-0.2, 0) is 9.53 Å². The fourth-order valence-electron chi connectivity index (χ4n) is 2.88. The molecule has 3 unspecified atom stereocenters. The minimum Gasteiger partial charge on any atom is -0.380 e. The van der Waals surface area contributed by atoms with E-state index >= 15 is 0 Å². The van der Waals surface area contributed by atoms with Crippen LogP contribution in [0.4, 0.5) is 0 Å². The van der Waals surface area contributed by atoms with Crippen molar-refractivity contribution in [1.82, 2.24) is 10.2 Å². The van der Waals surface area contributed by atoms with Gasteiger partial charge in [0, 0.05) is 6.61 Å². The molecule has 0 bridgehead atoms. The first-order valence-electron chi connectivity index (χ1n) is 7.81. The fraction of sp³-hybridized carbons (Fsp3) is 0.588. The van der Waals surface area contributed by atoms with E-state index in [4.69, 9.17) is 4.74 Å². The maximum absolute atomic E-state index is 12.6. The first-order valence-corrected chi connectivity index (χ1v) is 7.81. The Morgan fingerprint density at radius 1 is 1.38 bits per heavy atom. The van der Waals surface area contributed by atoms with Crippen molar-refractivity contribution in [2.45, 2.75) is 52.4 Å². The number of nitrogens with zero attached hydrogens (tertiary/aromatic N) is 1. The van der Waals surface area contributed by atoms with E-state index in [2.05, 4.69) is 37.4 Å². The van der Waals surface area contributed by atoms with Crippen LogP contribution in [0.5, 0.6) is 0 Å². The summed E-state index contributed by atoms with van der Waals surface area (Å²) in [5.41, 5.74) is 2.35. The van der Waals surface area contributed by atoms with E-state index in [0.717, 1.165) is 12.0 Å². The molecule has 0 saturated carbocycles. The van der Waals surface area contributed by atoms with Crippen LogP contribution in [0.15, 0.2) is 24.3 Å². The summed E-state index contributed by atoms with van der Waals surface area (Å²) in [7, 11) is 0. The Labute approximate surface area is 127 Å². The van der Waals surface area contributed by atoms with Crippen molar-refractivity contribution in [2.75, 3.05) is 13.2 Å². The highest BCUT2D eigenvalue weighted by molar-refractivity contribution is 5.84. The molecule has 1 aromatic rings. The molecule has 0 aliphatic carbocycles. The number of ether oxygens (including phenoxy) is 1. The Balaban J connectivity index is 2.26. The summed E-state index contributed by atoms with van der Waals surface area (Å²) in [6.07, 6.45) is 0.747. The van der Waals surface area contributed by atoms with E-state index in [0.29, 0.717) is 13.2 Å². The molecule has 1 aromatic carbocycles. The summed E-state index contributed by atoms with van der Waals surface area (Å²) < 4.78 is 5.51. The lowest BCUT2D eigenvalue weighted by Gasteiger charge is -2.30. The molecule has 1 saturated heterocycles. The van der Waals surface area contributed by atoms with E-state index in [1.807, 2.05) is 24.8 Å². The average Bonchev–Trinajstić information content (AvgIpc) is 2.81. The topological polar surface area (TPSA) is 41.6 Å². The molecule has 1 aliphatic rings. The van der Waals surface area contributed by atoms with Crippen molar-refractivity contribution in [1.29, 1.82) is 0 Å². The molecule has 3 atom stereocenters. The lowest BCUT2D eigenvalue weighted by Crippen LogP contribution is -2.41. The zero-order valence-corrected chi connectivity index (χ0v) is 13.4. The zero-order valence-electron chi connectivity index (χ0n) is 13.4. The van der Waals surface area contributed by atoms with Gasteiger partial charge in [-0.25, -0.2) is 0 Å². The summed E-state index contributed by atoms with van der Waals surface area (Å²) in [6, 6.07) is 8.30. The number of nitrogens with one attached hydrogen (secondary N) is 1. The van der Waals surface area contributed by atoms with Crippen LogP contribution in [-0.4, -0.2) is 36.1 Å². The van der Waals surface area contributed by atoms with E-state index in [9.17, 15) is 4.79 Å². The van der Waals surface area contributed by atoms with Crippen LogP contribution in [0.3, 0.4) is 0 Å².